The Labute approximate surface area is 191 Å². The van der Waals surface area contributed by atoms with E-state index in [-0.39, 0.29) is 30.0 Å². The molecule has 0 radical (unpaired) electrons. The summed E-state index contributed by atoms with van der Waals surface area (Å²) in [5.41, 5.74) is 2.32. The first kappa shape index (κ1) is 25.0. The van der Waals surface area contributed by atoms with Crippen molar-refractivity contribution in [1.82, 2.24) is 15.5 Å². The van der Waals surface area contributed by atoms with Gasteiger partial charge in [-0.3, -0.25) is 4.99 Å². The van der Waals surface area contributed by atoms with Crippen LogP contribution in [0.2, 0.25) is 0 Å². The second-order valence-electron chi connectivity index (χ2n) is 6.66. The zero-order valence-electron chi connectivity index (χ0n) is 17.9. The van der Waals surface area contributed by atoms with Crippen molar-refractivity contribution < 1.29 is 9.47 Å². The molecule has 160 valence electrons. The molecule has 1 unspecified atom stereocenters. The van der Waals surface area contributed by atoms with Gasteiger partial charge in [-0.2, -0.15) is 0 Å². The van der Waals surface area contributed by atoms with Gasteiger partial charge in [-0.15, -0.1) is 24.0 Å². The van der Waals surface area contributed by atoms with Crippen LogP contribution >= 0.6 is 24.0 Å². The number of nitrogens with zero attached hydrogens (tertiary/aromatic N) is 2. The highest BCUT2D eigenvalue weighted by atomic mass is 127. The Balaban J connectivity index is 0.00000420. The summed E-state index contributed by atoms with van der Waals surface area (Å²) in [6, 6.07) is 16.3. The van der Waals surface area contributed by atoms with Gasteiger partial charge in [0.15, 0.2) is 5.96 Å². The number of halogens is 1. The normalized spacial score (nSPS) is 12.1. The number of guanidine groups is 1. The highest BCUT2D eigenvalue weighted by Crippen LogP contribution is 2.27. The third-order valence-electron chi connectivity index (χ3n) is 4.69. The molecule has 2 aromatic rings. The predicted molar refractivity (Wildman–Crippen MR) is 131 cm³/mol. The van der Waals surface area contributed by atoms with Crippen molar-refractivity contribution in [1.29, 1.82) is 0 Å². The van der Waals surface area contributed by atoms with Gasteiger partial charge in [0.25, 0.3) is 0 Å². The molecule has 0 bridgehead atoms. The molecule has 0 aliphatic carbocycles. The molecular weight excluding hydrogens is 479 g/mol. The summed E-state index contributed by atoms with van der Waals surface area (Å²) in [7, 11) is 9.32. The molecule has 29 heavy (non-hydrogen) atoms. The second kappa shape index (κ2) is 13.3. The minimum absolute atomic E-state index is 0. The summed E-state index contributed by atoms with van der Waals surface area (Å²) < 4.78 is 10.9. The highest BCUT2D eigenvalue weighted by Gasteiger charge is 2.18. The first-order valence-electron chi connectivity index (χ1n) is 9.46. The molecule has 0 aliphatic rings. The lowest BCUT2D eigenvalue weighted by molar-refractivity contribution is 0.288. The van der Waals surface area contributed by atoms with Crippen molar-refractivity contribution in [2.75, 3.05) is 48.5 Å². The molecule has 2 N–H and O–H groups in total. The van der Waals surface area contributed by atoms with Crippen molar-refractivity contribution in [2.24, 2.45) is 4.99 Å². The monoisotopic (exact) mass is 512 g/mol. The molecular formula is C22H33IN4O2. The quantitative estimate of drug-likeness (QED) is 0.307. The first-order valence-corrected chi connectivity index (χ1v) is 9.46. The van der Waals surface area contributed by atoms with E-state index >= 15 is 0 Å². The number of hydrogen-bond acceptors (Lipinski definition) is 4. The molecule has 0 aliphatic heterocycles. The molecule has 0 aromatic heterocycles. The largest absolute Gasteiger partial charge is 0.496 e. The average Bonchev–Trinajstić information content (AvgIpc) is 2.73. The highest BCUT2D eigenvalue weighted by molar-refractivity contribution is 14.0. The lowest BCUT2D eigenvalue weighted by Gasteiger charge is -2.27. The molecule has 7 heteroatoms. The van der Waals surface area contributed by atoms with Crippen LogP contribution in [0.3, 0.4) is 0 Å². The average molecular weight is 512 g/mol. The Kier molecular flexibility index (Phi) is 11.5. The Morgan fingerprint density at radius 2 is 1.59 bits per heavy atom. The summed E-state index contributed by atoms with van der Waals surface area (Å²) in [6.45, 7) is 1.48. The standard InChI is InChI=1S/C22H32N4O2.HI/c1-23-22(24-15-14-17-10-6-8-12-20(17)27-4)25-16-19(26(2)3)18-11-7-9-13-21(18)28-5;/h6-13,19H,14-16H2,1-5H3,(H2,23,24,25);1H. The number of benzene rings is 2. The zero-order valence-corrected chi connectivity index (χ0v) is 20.3. The topological polar surface area (TPSA) is 58.1 Å². The maximum atomic E-state index is 5.53. The Morgan fingerprint density at radius 1 is 0.966 bits per heavy atom. The Morgan fingerprint density at radius 3 is 2.21 bits per heavy atom. The molecule has 1 atom stereocenters. The van der Waals surface area contributed by atoms with Gasteiger partial charge in [0.1, 0.15) is 11.5 Å². The van der Waals surface area contributed by atoms with Crippen LogP contribution in [0.25, 0.3) is 0 Å². The van der Waals surface area contributed by atoms with Gasteiger partial charge in [0, 0.05) is 25.7 Å². The van der Waals surface area contributed by atoms with Crippen LogP contribution in [0.4, 0.5) is 0 Å². The first-order chi connectivity index (χ1) is 13.6. The molecule has 6 nitrogen and oxygen atoms in total. The SMILES string of the molecule is CN=C(NCCc1ccccc1OC)NCC(c1ccccc1OC)N(C)C.I. The van der Waals surface area contributed by atoms with Gasteiger partial charge in [-0.1, -0.05) is 36.4 Å². The fraction of sp³-hybridized carbons (Fsp3) is 0.409. The van der Waals surface area contributed by atoms with Crippen LogP contribution in [0.15, 0.2) is 53.5 Å². The van der Waals surface area contributed by atoms with Crippen molar-refractivity contribution >= 4 is 29.9 Å². The van der Waals surface area contributed by atoms with E-state index in [1.54, 1.807) is 21.3 Å². The number of ether oxygens (including phenoxy) is 2. The van der Waals surface area contributed by atoms with Crippen LogP contribution in [0.1, 0.15) is 17.2 Å². The summed E-state index contributed by atoms with van der Waals surface area (Å²) in [6.07, 6.45) is 0.855. The van der Waals surface area contributed by atoms with Gasteiger partial charge in [-0.05, 0) is 38.2 Å². The molecule has 2 aromatic carbocycles. The van der Waals surface area contributed by atoms with Crippen LogP contribution in [-0.2, 0) is 6.42 Å². The number of nitrogens with one attached hydrogen (secondary N) is 2. The number of hydrogen-bond donors (Lipinski definition) is 2. The third-order valence-corrected chi connectivity index (χ3v) is 4.69. The maximum absolute atomic E-state index is 5.53. The number of methoxy groups -OCH3 is 2. The van der Waals surface area contributed by atoms with E-state index in [9.17, 15) is 0 Å². The van der Waals surface area contributed by atoms with Gasteiger partial charge in [0.2, 0.25) is 0 Å². The van der Waals surface area contributed by atoms with E-state index in [1.165, 1.54) is 5.56 Å². The van der Waals surface area contributed by atoms with Crippen LogP contribution in [0, 0.1) is 0 Å². The number of para-hydroxylation sites is 2. The smallest absolute Gasteiger partial charge is 0.191 e. The lowest BCUT2D eigenvalue weighted by Crippen LogP contribution is -2.42. The number of aliphatic imine (C=N–C) groups is 1. The fourth-order valence-corrected chi connectivity index (χ4v) is 3.15. The number of rotatable bonds is 9. The molecule has 2 rings (SSSR count). The predicted octanol–water partition coefficient (Wildman–Crippen LogP) is 3.33. The van der Waals surface area contributed by atoms with Crippen LogP contribution in [-0.4, -0.2) is 59.3 Å². The van der Waals surface area contributed by atoms with Gasteiger partial charge in [-0.25, -0.2) is 0 Å². The lowest BCUT2D eigenvalue weighted by atomic mass is 10.0. The molecule has 0 heterocycles. The summed E-state index contributed by atoms with van der Waals surface area (Å²) in [4.78, 5) is 6.52. The van der Waals surface area contributed by atoms with Crippen molar-refractivity contribution in [3.63, 3.8) is 0 Å². The number of likely N-dealkylation sites (N-methyl/N-ethyl adjacent to an activating group) is 1. The second-order valence-corrected chi connectivity index (χ2v) is 6.66. The molecule has 0 saturated heterocycles. The summed E-state index contributed by atoms with van der Waals surface area (Å²) in [5.74, 6) is 2.58. The molecule has 0 spiro atoms. The fourth-order valence-electron chi connectivity index (χ4n) is 3.15. The van der Waals surface area contributed by atoms with Crippen LogP contribution in [0.5, 0.6) is 11.5 Å². The minimum Gasteiger partial charge on any atom is -0.496 e. The third kappa shape index (κ3) is 7.40. The Hall–Kier alpha value is -2.00. The van der Waals surface area contributed by atoms with E-state index in [0.29, 0.717) is 6.54 Å². The van der Waals surface area contributed by atoms with Crippen molar-refractivity contribution in [3.8, 4) is 11.5 Å². The van der Waals surface area contributed by atoms with Gasteiger partial charge in [0.05, 0.1) is 20.3 Å². The van der Waals surface area contributed by atoms with Gasteiger partial charge >= 0.3 is 0 Å². The zero-order chi connectivity index (χ0) is 20.4. The molecule has 0 saturated carbocycles. The van der Waals surface area contributed by atoms with E-state index in [2.05, 4.69) is 46.8 Å². The van der Waals surface area contributed by atoms with E-state index in [4.69, 9.17) is 9.47 Å². The Bertz CT molecular complexity index is 768. The summed E-state index contributed by atoms with van der Waals surface area (Å²) in [5, 5.41) is 6.80. The van der Waals surface area contributed by atoms with E-state index in [1.807, 2.05) is 36.4 Å². The van der Waals surface area contributed by atoms with Gasteiger partial charge < -0.3 is 25.0 Å². The van der Waals surface area contributed by atoms with E-state index in [0.717, 1.165) is 36.0 Å². The molecule has 0 fully saturated rings. The van der Waals surface area contributed by atoms with Crippen molar-refractivity contribution in [2.45, 2.75) is 12.5 Å². The summed E-state index contributed by atoms with van der Waals surface area (Å²) >= 11 is 0. The van der Waals surface area contributed by atoms with E-state index < -0.39 is 0 Å². The molecule has 0 amide bonds. The van der Waals surface area contributed by atoms with Crippen LogP contribution < -0.4 is 20.1 Å². The van der Waals surface area contributed by atoms with Crippen molar-refractivity contribution in [3.05, 3.63) is 59.7 Å². The maximum Gasteiger partial charge on any atom is 0.191 e. The minimum atomic E-state index is 0.